The zero-order valence-electron chi connectivity index (χ0n) is 16.4. The SMILES string of the molecule is CCCCCCCCCCCCOC(=O)/C(C#N)=C(\C)c1ccccc1. The van der Waals surface area contributed by atoms with E-state index in [-0.39, 0.29) is 5.57 Å². The number of ether oxygens (including phenoxy) is 1. The number of hydrogen-bond donors (Lipinski definition) is 0. The number of unbranched alkanes of at least 4 members (excludes halogenated alkanes) is 9. The third kappa shape index (κ3) is 8.85. The van der Waals surface area contributed by atoms with Gasteiger partial charge in [0.25, 0.3) is 0 Å². The van der Waals surface area contributed by atoms with Crippen molar-refractivity contribution in [3.8, 4) is 6.07 Å². The van der Waals surface area contributed by atoms with Crippen LogP contribution in [0.25, 0.3) is 5.57 Å². The molecule has 0 aliphatic carbocycles. The van der Waals surface area contributed by atoms with Crippen molar-refractivity contribution in [2.75, 3.05) is 6.61 Å². The smallest absolute Gasteiger partial charge is 0.349 e. The third-order valence-corrected chi connectivity index (χ3v) is 4.63. The van der Waals surface area contributed by atoms with Gasteiger partial charge in [0.15, 0.2) is 0 Å². The largest absolute Gasteiger partial charge is 0.462 e. The molecule has 3 nitrogen and oxygen atoms in total. The average Bonchev–Trinajstić information content (AvgIpc) is 2.67. The van der Waals surface area contributed by atoms with Crippen molar-refractivity contribution >= 4 is 11.5 Å². The van der Waals surface area contributed by atoms with Gasteiger partial charge in [0, 0.05) is 0 Å². The van der Waals surface area contributed by atoms with E-state index in [0.717, 1.165) is 18.4 Å². The zero-order valence-corrected chi connectivity index (χ0v) is 16.4. The molecule has 0 unspecified atom stereocenters. The van der Waals surface area contributed by atoms with E-state index in [1.807, 2.05) is 36.4 Å². The standard InChI is InChI=1S/C23H33NO2/c1-3-4-5-6-7-8-9-10-11-15-18-26-23(25)22(19-24)20(2)21-16-13-12-14-17-21/h12-14,16-17H,3-11,15,18H2,1-2H3/b22-20+. The number of allylic oxidation sites excluding steroid dienone is 1. The minimum Gasteiger partial charge on any atom is -0.462 e. The second kappa shape index (κ2) is 14.1. The van der Waals surface area contributed by atoms with Gasteiger partial charge >= 0.3 is 5.97 Å². The molecule has 0 spiro atoms. The molecule has 3 heteroatoms. The summed E-state index contributed by atoms with van der Waals surface area (Å²) >= 11 is 0. The Labute approximate surface area is 159 Å². The van der Waals surface area contributed by atoms with Gasteiger partial charge < -0.3 is 4.74 Å². The Morgan fingerprint density at radius 2 is 1.46 bits per heavy atom. The quantitative estimate of drug-likeness (QED) is 0.177. The monoisotopic (exact) mass is 355 g/mol. The highest BCUT2D eigenvalue weighted by Gasteiger charge is 2.15. The molecule has 0 saturated heterocycles. The summed E-state index contributed by atoms with van der Waals surface area (Å²) in [7, 11) is 0. The van der Waals surface area contributed by atoms with E-state index in [4.69, 9.17) is 4.74 Å². The van der Waals surface area contributed by atoms with Crippen LogP contribution in [0, 0.1) is 11.3 Å². The topological polar surface area (TPSA) is 50.1 Å². The Morgan fingerprint density at radius 3 is 2.00 bits per heavy atom. The Bertz CT molecular complexity index is 584. The summed E-state index contributed by atoms with van der Waals surface area (Å²) in [4.78, 5) is 12.1. The first-order valence-electron chi connectivity index (χ1n) is 10.0. The van der Waals surface area contributed by atoms with Crippen LogP contribution in [0.15, 0.2) is 35.9 Å². The molecule has 0 atom stereocenters. The molecule has 142 valence electrons. The normalized spacial score (nSPS) is 11.6. The van der Waals surface area contributed by atoms with Crippen LogP contribution < -0.4 is 0 Å². The summed E-state index contributed by atoms with van der Waals surface area (Å²) in [6.45, 7) is 4.42. The van der Waals surface area contributed by atoms with E-state index in [9.17, 15) is 10.1 Å². The van der Waals surface area contributed by atoms with Crippen molar-refractivity contribution in [2.24, 2.45) is 0 Å². The molecule has 26 heavy (non-hydrogen) atoms. The van der Waals surface area contributed by atoms with E-state index in [1.165, 1.54) is 51.4 Å². The fourth-order valence-corrected chi connectivity index (χ4v) is 2.94. The van der Waals surface area contributed by atoms with Gasteiger partial charge in [-0.05, 0) is 24.5 Å². The minimum absolute atomic E-state index is 0.100. The second-order valence-corrected chi connectivity index (χ2v) is 6.80. The number of nitrogens with zero attached hydrogens (tertiary/aromatic N) is 1. The molecule has 0 heterocycles. The molecule has 0 bridgehead atoms. The number of hydrogen-bond acceptors (Lipinski definition) is 3. The molecule has 0 radical (unpaired) electrons. The minimum atomic E-state index is -0.509. The molecule has 0 aliphatic rings. The van der Waals surface area contributed by atoms with E-state index in [0.29, 0.717) is 12.2 Å². The summed E-state index contributed by atoms with van der Waals surface area (Å²) in [5.41, 5.74) is 1.64. The number of esters is 1. The van der Waals surface area contributed by atoms with Crippen LogP contribution in [0.3, 0.4) is 0 Å². The lowest BCUT2D eigenvalue weighted by Gasteiger charge is -2.07. The molecule has 0 aliphatic heterocycles. The maximum Gasteiger partial charge on any atom is 0.349 e. The number of nitriles is 1. The van der Waals surface area contributed by atoms with Crippen LogP contribution in [-0.4, -0.2) is 12.6 Å². The van der Waals surface area contributed by atoms with Crippen molar-refractivity contribution in [1.82, 2.24) is 0 Å². The number of carbonyl (C=O) groups is 1. The van der Waals surface area contributed by atoms with Gasteiger partial charge in [0.05, 0.1) is 6.61 Å². The van der Waals surface area contributed by atoms with Gasteiger partial charge in [-0.15, -0.1) is 0 Å². The number of carbonyl (C=O) groups excluding carboxylic acids is 1. The van der Waals surface area contributed by atoms with Crippen molar-refractivity contribution in [3.05, 3.63) is 41.5 Å². The van der Waals surface area contributed by atoms with Gasteiger partial charge in [0.1, 0.15) is 11.6 Å². The van der Waals surface area contributed by atoms with Crippen LogP contribution in [0.5, 0.6) is 0 Å². The Balaban J connectivity index is 2.20. The highest BCUT2D eigenvalue weighted by Crippen LogP contribution is 2.18. The average molecular weight is 356 g/mol. The zero-order chi connectivity index (χ0) is 19.0. The second-order valence-electron chi connectivity index (χ2n) is 6.80. The predicted octanol–water partition coefficient (Wildman–Crippen LogP) is 6.45. The summed E-state index contributed by atoms with van der Waals surface area (Å²) < 4.78 is 5.29. The molecule has 0 saturated carbocycles. The third-order valence-electron chi connectivity index (χ3n) is 4.63. The Hall–Kier alpha value is -2.08. The molecule has 0 aromatic heterocycles. The van der Waals surface area contributed by atoms with Crippen molar-refractivity contribution in [3.63, 3.8) is 0 Å². The van der Waals surface area contributed by atoms with E-state index in [1.54, 1.807) is 6.92 Å². The van der Waals surface area contributed by atoms with Gasteiger partial charge in [-0.3, -0.25) is 0 Å². The summed E-state index contributed by atoms with van der Waals surface area (Å²) in [6.07, 6.45) is 12.4. The van der Waals surface area contributed by atoms with Crippen molar-refractivity contribution in [2.45, 2.75) is 78.1 Å². The first kappa shape index (κ1) is 22.0. The molecular formula is C23H33NO2. The highest BCUT2D eigenvalue weighted by atomic mass is 16.5. The Morgan fingerprint density at radius 1 is 0.923 bits per heavy atom. The van der Waals surface area contributed by atoms with Crippen molar-refractivity contribution < 1.29 is 9.53 Å². The predicted molar refractivity (Wildman–Crippen MR) is 107 cm³/mol. The van der Waals surface area contributed by atoms with Crippen LogP contribution >= 0.6 is 0 Å². The van der Waals surface area contributed by atoms with E-state index >= 15 is 0 Å². The van der Waals surface area contributed by atoms with Crippen LogP contribution in [0.4, 0.5) is 0 Å². The van der Waals surface area contributed by atoms with Gasteiger partial charge in [-0.25, -0.2) is 4.79 Å². The number of rotatable bonds is 13. The fourth-order valence-electron chi connectivity index (χ4n) is 2.94. The molecule has 1 aromatic rings. The van der Waals surface area contributed by atoms with Gasteiger partial charge in [0.2, 0.25) is 0 Å². The van der Waals surface area contributed by atoms with Gasteiger partial charge in [-0.2, -0.15) is 5.26 Å². The van der Waals surface area contributed by atoms with E-state index in [2.05, 4.69) is 6.92 Å². The maximum atomic E-state index is 12.1. The molecule has 0 amide bonds. The lowest BCUT2D eigenvalue weighted by atomic mass is 10.0. The lowest BCUT2D eigenvalue weighted by molar-refractivity contribution is -0.138. The Kier molecular flexibility index (Phi) is 11.9. The summed E-state index contributed by atoms with van der Waals surface area (Å²) in [5, 5.41) is 9.30. The fraction of sp³-hybridized carbons (Fsp3) is 0.565. The maximum absolute atomic E-state index is 12.1. The van der Waals surface area contributed by atoms with Crippen LogP contribution in [0.2, 0.25) is 0 Å². The first-order valence-corrected chi connectivity index (χ1v) is 10.0. The van der Waals surface area contributed by atoms with Gasteiger partial charge in [-0.1, -0.05) is 95.0 Å². The molecule has 1 rings (SSSR count). The highest BCUT2D eigenvalue weighted by molar-refractivity contribution is 6.01. The molecule has 0 N–H and O–H groups in total. The molecule has 1 aromatic carbocycles. The molecular weight excluding hydrogens is 322 g/mol. The number of benzene rings is 1. The van der Waals surface area contributed by atoms with Crippen molar-refractivity contribution in [1.29, 1.82) is 5.26 Å². The van der Waals surface area contributed by atoms with Crippen LogP contribution in [-0.2, 0) is 9.53 Å². The van der Waals surface area contributed by atoms with Crippen LogP contribution in [0.1, 0.15) is 83.6 Å². The van der Waals surface area contributed by atoms with E-state index < -0.39 is 5.97 Å². The lowest BCUT2D eigenvalue weighted by Crippen LogP contribution is -2.09. The molecule has 0 fully saturated rings. The summed E-state index contributed by atoms with van der Waals surface area (Å²) in [6, 6.07) is 11.5. The summed E-state index contributed by atoms with van der Waals surface area (Å²) in [5.74, 6) is -0.509. The first-order chi connectivity index (χ1) is 12.7.